The smallest absolute Gasteiger partial charge is 0.190 e. The summed E-state index contributed by atoms with van der Waals surface area (Å²) in [4.78, 5) is 43.3. The van der Waals surface area contributed by atoms with Crippen LogP contribution in [-0.4, -0.2) is 45.7 Å². The van der Waals surface area contributed by atoms with Crippen molar-refractivity contribution in [3.8, 4) is 12.1 Å². The molecular weight excluding hydrogens is 1040 g/mol. The summed E-state index contributed by atoms with van der Waals surface area (Å²) in [5.41, 5.74) is 14.1. The molecule has 0 amide bonds. The number of aryl methyl sites for hydroxylation is 4. The van der Waals surface area contributed by atoms with Crippen molar-refractivity contribution in [3.05, 3.63) is 163 Å². The highest BCUT2D eigenvalue weighted by Gasteiger charge is 2.35. The molecule has 0 radical (unpaired) electrons. The molecule has 0 unspecified atom stereocenters. The van der Waals surface area contributed by atoms with Crippen LogP contribution in [-0.2, 0) is 47.3 Å². The van der Waals surface area contributed by atoms with Gasteiger partial charge >= 0.3 is 0 Å². The lowest BCUT2D eigenvalue weighted by atomic mass is 9.73. The number of hydrogen-bond acceptors (Lipinski definition) is 12. The Morgan fingerprint density at radius 2 is 1.04 bits per heavy atom. The maximum absolute atomic E-state index is 12.4. The van der Waals surface area contributed by atoms with Gasteiger partial charge in [-0.1, -0.05) is 178 Å². The molecule has 0 saturated heterocycles. The van der Waals surface area contributed by atoms with Gasteiger partial charge in [0.15, 0.2) is 23.0 Å². The molecule has 0 saturated carbocycles. The second-order valence-corrected chi connectivity index (χ2v) is 28.0. The number of Topliss-reactive ketones (excluding diaryl/α,β-unsaturated/α-hetero) is 2. The van der Waals surface area contributed by atoms with Gasteiger partial charge in [-0.3, -0.25) is 23.5 Å². The van der Waals surface area contributed by atoms with E-state index in [2.05, 4.69) is 159 Å². The van der Waals surface area contributed by atoms with Crippen molar-refractivity contribution in [2.45, 2.75) is 190 Å². The van der Waals surface area contributed by atoms with Gasteiger partial charge in [-0.05, 0) is 105 Å². The van der Waals surface area contributed by atoms with E-state index in [9.17, 15) is 20.1 Å². The predicted octanol–water partition coefficient (Wildman–Crippen LogP) is 16.6. The minimum absolute atomic E-state index is 0.00907. The van der Waals surface area contributed by atoms with Gasteiger partial charge in [0.1, 0.15) is 17.7 Å². The number of rotatable bonds is 0. The highest BCUT2D eigenvalue weighted by Crippen LogP contribution is 2.37. The maximum atomic E-state index is 12.4. The van der Waals surface area contributed by atoms with E-state index in [-0.39, 0.29) is 38.6 Å². The fourth-order valence-corrected chi connectivity index (χ4v) is 11.6. The van der Waals surface area contributed by atoms with E-state index in [0.29, 0.717) is 22.3 Å². The number of ketones is 2. The van der Waals surface area contributed by atoms with Crippen LogP contribution in [0.25, 0.3) is 32.3 Å². The third kappa shape index (κ3) is 14.4. The number of carbonyl (C=O) groups is 2. The topological polar surface area (TPSA) is 164 Å². The maximum Gasteiger partial charge on any atom is 0.190 e. The van der Waals surface area contributed by atoms with Crippen molar-refractivity contribution in [2.75, 3.05) is 0 Å². The third-order valence-corrected chi connectivity index (χ3v) is 16.4. The van der Waals surface area contributed by atoms with Crippen molar-refractivity contribution in [1.82, 2.24) is 34.1 Å². The molecule has 3 aliphatic rings. The largest absolute Gasteiger partial charge is 0.289 e. The first-order valence-corrected chi connectivity index (χ1v) is 29.6. The number of carbonyl (C=O) groups excluding carboxylic acids is 2. The zero-order valence-corrected chi connectivity index (χ0v) is 52.4. The summed E-state index contributed by atoms with van der Waals surface area (Å²) in [5.74, 6) is 0.698. The number of hydrogen-bond donors (Lipinski definition) is 1. The van der Waals surface area contributed by atoms with Crippen LogP contribution in [0.4, 0.5) is 0 Å². The number of nitrogens with zero attached hydrogens (tertiary/aromatic N) is 9. The molecule has 0 bridgehead atoms. The van der Waals surface area contributed by atoms with Crippen molar-refractivity contribution < 1.29 is 9.59 Å². The first-order chi connectivity index (χ1) is 37.9. The molecule has 5 heterocycles. The number of para-hydroxylation sites is 2. The van der Waals surface area contributed by atoms with Gasteiger partial charge in [-0.2, -0.15) is 10.5 Å². The number of nitriles is 2. The zero-order chi connectivity index (χ0) is 59.4. The molecular formula is C68H81N9O2S2. The Labute approximate surface area is 490 Å². The number of pyridine rings is 2. The second-order valence-electron chi connectivity index (χ2n) is 26.5. The highest BCUT2D eigenvalue weighted by molar-refractivity contribution is 7.79. The fourth-order valence-electron chi connectivity index (χ4n) is 10.3. The van der Waals surface area contributed by atoms with Gasteiger partial charge < -0.3 is 0 Å². The summed E-state index contributed by atoms with van der Waals surface area (Å²) < 4.78 is 3.06. The van der Waals surface area contributed by atoms with Crippen LogP contribution in [0, 0.1) is 28.1 Å². The molecule has 0 N–H and O–H groups in total. The normalized spacial score (nSPS) is 14.5. The average molecular weight is 1120 g/mol. The Morgan fingerprint density at radius 1 is 0.543 bits per heavy atom. The van der Waals surface area contributed by atoms with Gasteiger partial charge in [-0.15, -0.1) is 21.5 Å². The minimum atomic E-state index is -0.301. The summed E-state index contributed by atoms with van der Waals surface area (Å²) in [6.45, 7) is 33.2. The van der Waals surface area contributed by atoms with Gasteiger partial charge in [0.25, 0.3) is 0 Å². The SMILES string of the molecule is CC(C)(C)c1nc2c(cc1C#N)CCCC2.CC(C)(C)c1nc2c(cc1C#N)CCCCC2.CC(C)(C)c1nc2ccccc2s1.CC(C)(C)c1nnc2c3ccccc3n(S)c2n1.CC1=C(C(C)(C)C)C(=O)c2ccccc2C1=O. The molecule has 0 atom stereocenters. The van der Waals surface area contributed by atoms with E-state index in [1.807, 2.05) is 51.1 Å². The Kier molecular flexibility index (Phi) is 18.8. The van der Waals surface area contributed by atoms with Crippen molar-refractivity contribution in [2.24, 2.45) is 5.41 Å². The molecule has 8 aromatic rings. The lowest BCUT2D eigenvalue weighted by Crippen LogP contribution is -2.28. The van der Waals surface area contributed by atoms with Crippen molar-refractivity contribution in [3.63, 3.8) is 0 Å². The van der Waals surface area contributed by atoms with E-state index in [0.717, 1.165) is 81.6 Å². The molecule has 0 spiro atoms. The van der Waals surface area contributed by atoms with Crippen LogP contribution in [0.1, 0.15) is 219 Å². The molecule has 0 aliphatic heterocycles. The first-order valence-electron chi connectivity index (χ1n) is 28.4. The van der Waals surface area contributed by atoms with Crippen LogP contribution < -0.4 is 0 Å². The first kappa shape index (κ1) is 61.7. The Hall–Kier alpha value is -6.93. The van der Waals surface area contributed by atoms with E-state index in [1.54, 1.807) is 46.5 Å². The van der Waals surface area contributed by atoms with Gasteiger partial charge in [0.2, 0.25) is 0 Å². The average Bonchev–Trinajstić information content (AvgIpc) is 4.16. The number of benzene rings is 3. The molecule has 13 heteroatoms. The van der Waals surface area contributed by atoms with Crippen molar-refractivity contribution in [1.29, 1.82) is 10.5 Å². The van der Waals surface area contributed by atoms with Crippen molar-refractivity contribution >= 4 is 68.0 Å². The van der Waals surface area contributed by atoms with Crippen LogP contribution in [0.5, 0.6) is 0 Å². The molecule has 422 valence electrons. The monoisotopic (exact) mass is 1120 g/mol. The molecule has 11 rings (SSSR count). The van der Waals surface area contributed by atoms with Crippen LogP contribution in [0.3, 0.4) is 0 Å². The van der Waals surface area contributed by atoms with Crippen LogP contribution in [0.15, 0.2) is 96.1 Å². The summed E-state index contributed by atoms with van der Waals surface area (Å²) in [5, 5.41) is 29.3. The summed E-state index contributed by atoms with van der Waals surface area (Å²) in [6.07, 6.45) is 10.5. The zero-order valence-electron chi connectivity index (χ0n) is 50.6. The Balaban J connectivity index is 0.000000147. The van der Waals surface area contributed by atoms with Gasteiger partial charge in [0, 0.05) is 60.7 Å². The molecule has 3 aromatic carbocycles. The van der Waals surface area contributed by atoms with Gasteiger partial charge in [0.05, 0.1) is 43.3 Å². The Morgan fingerprint density at radius 3 is 1.56 bits per heavy atom. The number of thiazole rings is 1. The third-order valence-electron chi connectivity index (χ3n) is 14.5. The Bertz CT molecular complexity index is 3720. The summed E-state index contributed by atoms with van der Waals surface area (Å²) in [6, 6.07) is 32.0. The van der Waals surface area contributed by atoms with Gasteiger partial charge in [-0.25, -0.2) is 9.97 Å². The number of aromatic nitrogens is 7. The molecule has 11 nitrogen and oxygen atoms in total. The fraction of sp³-hybridized carbons (Fsp3) is 0.441. The van der Waals surface area contributed by atoms with E-state index >= 15 is 0 Å². The highest BCUT2D eigenvalue weighted by atomic mass is 32.1. The molecule has 81 heavy (non-hydrogen) atoms. The summed E-state index contributed by atoms with van der Waals surface area (Å²) >= 11 is 6.29. The van der Waals surface area contributed by atoms with E-state index in [1.165, 1.54) is 64.3 Å². The quantitative estimate of drug-likeness (QED) is 0.114. The predicted molar refractivity (Wildman–Crippen MR) is 335 cm³/mol. The van der Waals surface area contributed by atoms with E-state index in [4.69, 9.17) is 9.97 Å². The number of allylic oxidation sites excluding steroid dienone is 2. The van der Waals surface area contributed by atoms with E-state index < -0.39 is 0 Å². The standard InChI is InChI=1S/C15H20N2.C15H16O2.C14H18N2.C13H14N4S.C11H13NS/c1-15(2,3)14-12(10-16)9-11-7-5-4-6-8-13(11)17-14;1-9-12(15(2,3)4)14(17)11-8-6-5-7-10(11)13(9)16;1-14(2,3)13-11(9-15)8-10-6-4-5-7-12(10)16-13;1-13(2,3)12-14-11-10(15-16-12)8-6-4-5-7-9(8)17(11)18;1-11(2,3)10-12-8-6-4-5-7-9(8)13-10/h9H,4-8H2,1-3H3;5-8H,1-4H3;8H,4-7H2,1-3H3;4-7,18H,1-3H3;4-7H,1-3H3. The lowest BCUT2D eigenvalue weighted by molar-refractivity contribution is 0.0957. The molecule has 0 fully saturated rings. The molecule has 5 aromatic heterocycles. The lowest BCUT2D eigenvalue weighted by Gasteiger charge is -2.28. The molecule has 3 aliphatic carbocycles. The minimum Gasteiger partial charge on any atom is -0.289 e. The van der Waals surface area contributed by atoms with Crippen LogP contribution >= 0.6 is 24.2 Å². The van der Waals surface area contributed by atoms with Crippen LogP contribution in [0.2, 0.25) is 0 Å². The number of fused-ring (bicyclic) bond motifs is 7. The number of thiol groups is 1. The second kappa shape index (κ2) is 24.7. The summed E-state index contributed by atoms with van der Waals surface area (Å²) in [7, 11) is 0.